The van der Waals surface area contributed by atoms with Gasteiger partial charge in [-0.2, -0.15) is 0 Å². The largest absolute Gasteiger partial charge is 0 e. The van der Waals surface area contributed by atoms with Crippen LogP contribution in [0.1, 0.15) is 0 Å². The molecule has 0 spiro atoms. The van der Waals surface area contributed by atoms with Crippen LogP contribution in [0.3, 0.4) is 0 Å². The average Bonchev–Trinajstić information content (AvgIpc) is 2.07. The summed E-state index contributed by atoms with van der Waals surface area (Å²) >= 11 is 0. The minimum atomic E-state index is -10.7. The van der Waals surface area contributed by atoms with Crippen molar-refractivity contribution in [2.24, 2.45) is 7.05 Å². The Kier molecular flexibility index (Phi) is 4.37. The molecule has 10 heteroatoms. The van der Waals surface area contributed by atoms with Crippen molar-refractivity contribution in [2.75, 3.05) is 0 Å². The van der Waals surface area contributed by atoms with Crippen LogP contribution in [0, 0.1) is 0 Å². The van der Waals surface area contributed by atoms with E-state index in [2.05, 4.69) is 4.98 Å². The number of halogens is 6. The van der Waals surface area contributed by atoms with E-state index in [1.54, 1.807) is 0 Å². The second-order valence-electron chi connectivity index (χ2n) is 2.24. The molecule has 14 heavy (non-hydrogen) atoms. The summed E-state index contributed by atoms with van der Waals surface area (Å²) in [5, 5.41) is 0. The van der Waals surface area contributed by atoms with Gasteiger partial charge in [-0.15, -0.1) is 0 Å². The van der Waals surface area contributed by atoms with Gasteiger partial charge in [0.05, 0.1) is 7.05 Å². The van der Waals surface area contributed by atoms with Crippen molar-refractivity contribution in [3.05, 3.63) is 18.7 Å². The van der Waals surface area contributed by atoms with Crippen LogP contribution in [0.4, 0.5) is 25.2 Å². The number of H-pyrrole nitrogens is 1. The van der Waals surface area contributed by atoms with Crippen molar-refractivity contribution in [3.8, 4) is 0 Å². The Morgan fingerprint density at radius 1 is 1.07 bits per heavy atom. The number of aromatic nitrogens is 2. The number of rotatable bonds is 0. The zero-order valence-electron chi connectivity index (χ0n) is 7.39. The molecule has 1 rings (SSSR count). The van der Waals surface area contributed by atoms with E-state index >= 15 is 0 Å². The molecule has 81 valence electrons. The van der Waals surface area contributed by atoms with E-state index in [-0.39, 0.29) is 18.9 Å². The second-order valence-corrected chi connectivity index (χ2v) is 4.15. The summed E-state index contributed by atoms with van der Waals surface area (Å²) in [5.74, 6) is 0. The summed E-state index contributed by atoms with van der Waals surface area (Å²) in [5.41, 5.74) is 0. The third kappa shape index (κ3) is 29.8. The molecule has 0 aliphatic rings. The van der Waals surface area contributed by atoms with Crippen LogP contribution in [0.15, 0.2) is 18.7 Å². The van der Waals surface area contributed by atoms with E-state index in [1.807, 2.05) is 30.3 Å². The molecule has 1 aromatic rings. The van der Waals surface area contributed by atoms with E-state index in [0.717, 1.165) is 0 Å². The molecule has 0 aliphatic carbocycles. The van der Waals surface area contributed by atoms with Crippen molar-refractivity contribution in [3.63, 3.8) is 0 Å². The van der Waals surface area contributed by atoms with Gasteiger partial charge in [-0.3, -0.25) is 4.98 Å². The Bertz CT molecular complexity index is 252. The number of hydrogen-bond donors (Lipinski definition) is 1. The molecule has 0 aromatic carbocycles. The maximum atomic E-state index is 9.87. The van der Waals surface area contributed by atoms with Crippen LogP contribution >= 0.6 is 7.81 Å². The van der Waals surface area contributed by atoms with E-state index in [1.165, 1.54) is 0 Å². The number of aryl methyl sites for hydroxylation is 1. The fourth-order valence-electron chi connectivity index (χ4n) is 0.364. The molecule has 0 unspecified atom stereocenters. The summed E-state index contributed by atoms with van der Waals surface area (Å²) < 4.78 is 61.1. The smallest absolute Gasteiger partial charge is 0 e. The monoisotopic (exact) mass is 235 g/mol. The second kappa shape index (κ2) is 3.76. The molecule has 1 aromatic heterocycles. The van der Waals surface area contributed by atoms with Gasteiger partial charge in [0.1, 0.15) is 12.4 Å². The summed E-state index contributed by atoms with van der Waals surface area (Å²) in [6, 6.07) is 0. The molecule has 0 fully saturated rings. The third-order valence-electron chi connectivity index (χ3n) is 0.684. The number of imidazole rings is 1. The first-order valence-electron chi connectivity index (χ1n) is 2.89. The molecule has 1 radical (unpaired) electrons. The van der Waals surface area contributed by atoms with Gasteiger partial charge >= 0.3 is 33.0 Å². The minimum Gasteiger partial charge on any atom is 0 e. The van der Waals surface area contributed by atoms with Crippen molar-refractivity contribution >= 4 is 26.7 Å². The molecule has 1 heterocycles. The molecular weight excluding hydrogens is 228 g/mol. The molecule has 0 amide bonds. The molecule has 0 bridgehead atoms. The number of hydrogen-bond acceptors (Lipinski definition) is 0. The molecule has 0 saturated heterocycles. The van der Waals surface area contributed by atoms with Crippen molar-refractivity contribution in [2.45, 2.75) is 0 Å². The zero-order chi connectivity index (χ0) is 10.8. The quantitative estimate of drug-likeness (QED) is 0.308. The summed E-state index contributed by atoms with van der Waals surface area (Å²) in [6.07, 6.45) is 5.69. The maximum Gasteiger partial charge on any atom is 0 e. The van der Waals surface area contributed by atoms with Gasteiger partial charge in [0.25, 0.3) is 0 Å². The molecule has 1 N–H and O–H groups in total. The number of nitrogens with one attached hydrogen (secondary N) is 1. The number of nitrogens with zero attached hydrogens (tertiary/aromatic N) is 1. The third-order valence-corrected chi connectivity index (χ3v) is 0.684. The average molecular weight is 235 g/mol. The van der Waals surface area contributed by atoms with Crippen LogP contribution in [0.25, 0.3) is 0 Å². The Hall–Kier alpha value is -0.183. The van der Waals surface area contributed by atoms with Crippen LogP contribution in [0.5, 0.6) is 0 Å². The SMILES string of the molecule is C[n+]1cc[nH]c1.F[P-](F)(F)(F)(F)F.[Li]. The van der Waals surface area contributed by atoms with Crippen LogP contribution in [-0.4, -0.2) is 23.8 Å². The van der Waals surface area contributed by atoms with E-state index in [0.29, 0.717) is 0 Å². The van der Waals surface area contributed by atoms with Gasteiger partial charge < -0.3 is 0 Å². The van der Waals surface area contributed by atoms with Gasteiger partial charge in [0.2, 0.25) is 6.33 Å². The summed E-state index contributed by atoms with van der Waals surface area (Å²) in [6.45, 7) is 0. The van der Waals surface area contributed by atoms with Crippen molar-refractivity contribution < 1.29 is 29.7 Å². The minimum absolute atomic E-state index is 0. The Labute approximate surface area is 87.7 Å². The first-order chi connectivity index (χ1) is 5.34. The number of aromatic amines is 1. The van der Waals surface area contributed by atoms with Gasteiger partial charge in [-0.25, -0.2) is 4.57 Å². The summed E-state index contributed by atoms with van der Waals surface area (Å²) in [4.78, 5) is 2.89. The van der Waals surface area contributed by atoms with E-state index < -0.39 is 7.81 Å². The fourth-order valence-corrected chi connectivity index (χ4v) is 0.364. The molecule has 2 nitrogen and oxygen atoms in total. The van der Waals surface area contributed by atoms with Gasteiger partial charge in [0, 0.05) is 18.9 Å². The Morgan fingerprint density at radius 2 is 1.43 bits per heavy atom. The van der Waals surface area contributed by atoms with E-state index in [9.17, 15) is 25.2 Å². The topological polar surface area (TPSA) is 19.7 Å². The first-order valence-corrected chi connectivity index (χ1v) is 4.92. The van der Waals surface area contributed by atoms with E-state index in [4.69, 9.17) is 0 Å². The van der Waals surface area contributed by atoms with Gasteiger partial charge in [-0.1, -0.05) is 0 Å². The summed E-state index contributed by atoms with van der Waals surface area (Å²) in [7, 11) is -8.69. The Morgan fingerprint density at radius 3 is 1.50 bits per heavy atom. The molecule has 0 atom stereocenters. The predicted octanol–water partition coefficient (Wildman–Crippen LogP) is 2.84. The zero-order valence-corrected chi connectivity index (χ0v) is 8.29. The van der Waals surface area contributed by atoms with Crippen LogP contribution in [-0.2, 0) is 7.05 Å². The first kappa shape index (κ1) is 16.3. The molecule has 0 aliphatic heterocycles. The van der Waals surface area contributed by atoms with Gasteiger partial charge in [0.15, 0.2) is 0 Å². The fraction of sp³-hybridized carbons (Fsp3) is 0.250. The maximum absolute atomic E-state index is 10.7. The van der Waals surface area contributed by atoms with Crippen LogP contribution < -0.4 is 4.57 Å². The van der Waals surface area contributed by atoms with Crippen LogP contribution in [0.2, 0.25) is 0 Å². The van der Waals surface area contributed by atoms with Crippen molar-refractivity contribution in [1.82, 2.24) is 4.98 Å². The standard InChI is InChI=1S/C4H6N2.F6P.Li/c1-6-3-2-5-4-6;1-7(2,3,4,5)6;/h2-4H,1H3;;/q;-1;/p+1. The molecule has 0 saturated carbocycles. The predicted molar refractivity (Wildman–Crippen MR) is 41.3 cm³/mol. The normalized spacial score (nSPS) is 15.4. The molecular formula is C4H7F6LiN2P. The Balaban J connectivity index is 0. The van der Waals surface area contributed by atoms with Gasteiger partial charge in [-0.05, 0) is 0 Å². The van der Waals surface area contributed by atoms with Crippen molar-refractivity contribution in [1.29, 1.82) is 0 Å².